The van der Waals surface area contributed by atoms with Crippen LogP contribution in [0.5, 0.6) is 0 Å². The molecule has 2 N–H and O–H groups in total. The van der Waals surface area contributed by atoms with Crippen LogP contribution >= 0.6 is 0 Å². The second-order valence-electron chi connectivity index (χ2n) is 8.65. The molecule has 1 aliphatic heterocycles. The molecular formula is C26H27N3O4S. The van der Waals surface area contributed by atoms with Crippen molar-refractivity contribution in [2.24, 2.45) is 5.92 Å². The largest absolute Gasteiger partial charge is 0.338 e. The summed E-state index contributed by atoms with van der Waals surface area (Å²) >= 11 is 0. The lowest BCUT2D eigenvalue weighted by Crippen LogP contribution is -2.28. The second-order valence-corrected chi connectivity index (χ2v) is 10.3. The summed E-state index contributed by atoms with van der Waals surface area (Å²) < 4.78 is 27.6. The van der Waals surface area contributed by atoms with Gasteiger partial charge in [-0.1, -0.05) is 47.5 Å². The van der Waals surface area contributed by atoms with E-state index < -0.39 is 15.9 Å². The molecule has 0 saturated carbocycles. The van der Waals surface area contributed by atoms with Crippen molar-refractivity contribution in [2.45, 2.75) is 31.7 Å². The van der Waals surface area contributed by atoms with Crippen molar-refractivity contribution >= 4 is 33.2 Å². The first-order valence-electron chi connectivity index (χ1n) is 11.0. The van der Waals surface area contributed by atoms with E-state index in [1.54, 1.807) is 53.4 Å². The molecule has 1 aliphatic rings. The highest BCUT2D eigenvalue weighted by Crippen LogP contribution is 2.23. The maximum atomic E-state index is 12.7. The van der Waals surface area contributed by atoms with Gasteiger partial charge in [-0.2, -0.15) is 0 Å². The van der Waals surface area contributed by atoms with Crippen LogP contribution in [0, 0.1) is 19.8 Å². The van der Waals surface area contributed by atoms with Gasteiger partial charge in [-0.3, -0.25) is 14.3 Å². The average molecular weight is 478 g/mol. The van der Waals surface area contributed by atoms with E-state index in [0.29, 0.717) is 24.5 Å². The molecule has 4 rings (SSSR count). The van der Waals surface area contributed by atoms with Gasteiger partial charge in [0.25, 0.3) is 10.0 Å². The summed E-state index contributed by atoms with van der Waals surface area (Å²) in [5.41, 5.74) is 4.08. The molecule has 1 fully saturated rings. The minimum atomic E-state index is -3.70. The molecule has 3 aromatic carbocycles. The smallest absolute Gasteiger partial charge is 0.261 e. The van der Waals surface area contributed by atoms with Crippen LogP contribution in [0.15, 0.2) is 77.7 Å². The molecule has 2 amide bonds. The summed E-state index contributed by atoms with van der Waals surface area (Å²) in [6.45, 7) is 4.75. The van der Waals surface area contributed by atoms with Gasteiger partial charge in [0.15, 0.2) is 0 Å². The molecule has 0 aliphatic carbocycles. The molecule has 1 atom stereocenters. The lowest BCUT2D eigenvalue weighted by Gasteiger charge is -2.17. The van der Waals surface area contributed by atoms with E-state index in [2.05, 4.69) is 10.0 Å². The first-order chi connectivity index (χ1) is 16.2. The van der Waals surface area contributed by atoms with Gasteiger partial charge >= 0.3 is 0 Å². The van der Waals surface area contributed by atoms with Crippen LogP contribution in [-0.4, -0.2) is 31.7 Å². The summed E-state index contributed by atoms with van der Waals surface area (Å²) in [6.07, 6.45) is 0.173. The van der Waals surface area contributed by atoms with Gasteiger partial charge in [0.2, 0.25) is 11.8 Å². The Hall–Kier alpha value is -3.65. The normalized spacial score (nSPS) is 15.9. The number of carbonyl (C=O) groups is 2. The number of amides is 2. The number of rotatable bonds is 7. The molecule has 1 heterocycles. The molecule has 7 nitrogen and oxygen atoms in total. The summed E-state index contributed by atoms with van der Waals surface area (Å²) in [5.74, 6) is -0.702. The molecule has 0 radical (unpaired) electrons. The molecule has 1 saturated heterocycles. The minimum absolute atomic E-state index is 0.0402. The Morgan fingerprint density at radius 3 is 2.06 bits per heavy atom. The van der Waals surface area contributed by atoms with E-state index in [1.165, 1.54) is 0 Å². The van der Waals surface area contributed by atoms with Crippen molar-refractivity contribution in [3.63, 3.8) is 0 Å². The molecule has 34 heavy (non-hydrogen) atoms. The van der Waals surface area contributed by atoms with Crippen LogP contribution in [0.25, 0.3) is 0 Å². The number of aryl methyl sites for hydroxylation is 2. The Balaban J connectivity index is 1.34. The fourth-order valence-corrected chi connectivity index (χ4v) is 4.87. The molecule has 1 unspecified atom stereocenters. The number of nitrogens with zero attached hydrogens (tertiary/aromatic N) is 1. The van der Waals surface area contributed by atoms with Crippen LogP contribution in [0.2, 0.25) is 0 Å². The summed E-state index contributed by atoms with van der Waals surface area (Å²) in [5, 5.41) is 2.83. The maximum absolute atomic E-state index is 12.7. The van der Waals surface area contributed by atoms with Crippen molar-refractivity contribution in [3.05, 3.63) is 89.5 Å². The van der Waals surface area contributed by atoms with Gasteiger partial charge < -0.3 is 10.2 Å². The number of carbonyl (C=O) groups excluding carboxylic acids is 2. The molecular weight excluding hydrogens is 450 g/mol. The maximum Gasteiger partial charge on any atom is 0.261 e. The third kappa shape index (κ3) is 5.63. The number of hydrogen-bond donors (Lipinski definition) is 2. The third-order valence-corrected chi connectivity index (χ3v) is 7.21. The van der Waals surface area contributed by atoms with E-state index in [1.807, 2.05) is 38.1 Å². The third-order valence-electron chi connectivity index (χ3n) is 5.82. The first-order valence-corrected chi connectivity index (χ1v) is 12.5. The summed E-state index contributed by atoms with van der Waals surface area (Å²) in [7, 11) is -3.70. The van der Waals surface area contributed by atoms with Crippen molar-refractivity contribution in [1.82, 2.24) is 4.90 Å². The molecule has 8 heteroatoms. The Morgan fingerprint density at radius 2 is 1.44 bits per heavy atom. The molecule has 176 valence electrons. The van der Waals surface area contributed by atoms with Crippen molar-refractivity contribution in [3.8, 4) is 0 Å². The Morgan fingerprint density at radius 1 is 0.882 bits per heavy atom. The highest BCUT2D eigenvalue weighted by molar-refractivity contribution is 7.92. The molecule has 0 bridgehead atoms. The van der Waals surface area contributed by atoms with Crippen molar-refractivity contribution < 1.29 is 18.0 Å². The van der Waals surface area contributed by atoms with E-state index in [0.717, 1.165) is 16.7 Å². The highest BCUT2D eigenvalue weighted by atomic mass is 32.2. The molecule has 0 spiro atoms. The summed E-state index contributed by atoms with van der Waals surface area (Å²) in [6, 6.07) is 21.0. The zero-order chi connectivity index (χ0) is 24.3. The van der Waals surface area contributed by atoms with Gasteiger partial charge in [-0.05, 0) is 55.8 Å². The first kappa shape index (κ1) is 23.5. The fraction of sp³-hybridized carbons (Fsp3) is 0.231. The number of nitrogens with one attached hydrogen (secondary N) is 2. The topological polar surface area (TPSA) is 95.6 Å². The van der Waals surface area contributed by atoms with E-state index in [-0.39, 0.29) is 23.1 Å². The lowest BCUT2D eigenvalue weighted by atomic mass is 10.1. The van der Waals surface area contributed by atoms with Gasteiger partial charge in [0.1, 0.15) is 0 Å². The zero-order valence-corrected chi connectivity index (χ0v) is 19.9. The Kier molecular flexibility index (Phi) is 6.70. The van der Waals surface area contributed by atoms with Crippen LogP contribution in [0.4, 0.5) is 11.4 Å². The predicted octanol–water partition coefficient (Wildman–Crippen LogP) is 4.09. The van der Waals surface area contributed by atoms with E-state index in [9.17, 15) is 18.0 Å². The summed E-state index contributed by atoms with van der Waals surface area (Å²) in [4.78, 5) is 27.0. The number of anilines is 2. The van der Waals surface area contributed by atoms with Gasteiger partial charge in [-0.15, -0.1) is 0 Å². The molecule has 3 aromatic rings. The Bertz CT molecular complexity index is 1290. The zero-order valence-electron chi connectivity index (χ0n) is 19.1. The SMILES string of the molecule is Cc1ccc(CN2CC(C(=O)Nc3ccc(NS(=O)(=O)c4ccc(C)cc4)cc3)CC2=O)cc1. The average Bonchev–Trinajstić information content (AvgIpc) is 3.17. The van der Waals surface area contributed by atoms with Crippen LogP contribution in [0.3, 0.4) is 0 Å². The van der Waals surface area contributed by atoms with E-state index >= 15 is 0 Å². The van der Waals surface area contributed by atoms with Gasteiger partial charge in [0, 0.05) is 30.9 Å². The van der Waals surface area contributed by atoms with E-state index in [4.69, 9.17) is 0 Å². The van der Waals surface area contributed by atoms with Crippen molar-refractivity contribution in [1.29, 1.82) is 0 Å². The molecule has 0 aromatic heterocycles. The van der Waals surface area contributed by atoms with Crippen LogP contribution in [-0.2, 0) is 26.2 Å². The number of benzene rings is 3. The standard InChI is InChI=1S/C26H27N3O4S/c1-18-3-7-20(8-4-18)16-29-17-21(15-25(29)30)26(31)27-22-9-11-23(12-10-22)28-34(32,33)24-13-5-19(2)6-14-24/h3-14,21,28H,15-17H2,1-2H3,(H,27,31). The van der Waals surface area contributed by atoms with Gasteiger partial charge in [-0.25, -0.2) is 8.42 Å². The monoisotopic (exact) mass is 477 g/mol. The second kappa shape index (κ2) is 9.69. The van der Waals surface area contributed by atoms with Crippen LogP contribution < -0.4 is 10.0 Å². The van der Waals surface area contributed by atoms with Gasteiger partial charge in [0.05, 0.1) is 10.8 Å². The van der Waals surface area contributed by atoms with Crippen LogP contribution in [0.1, 0.15) is 23.1 Å². The fourth-order valence-electron chi connectivity index (χ4n) is 3.81. The number of likely N-dealkylation sites (tertiary alicyclic amines) is 1. The van der Waals surface area contributed by atoms with Crippen molar-refractivity contribution in [2.75, 3.05) is 16.6 Å². The lowest BCUT2D eigenvalue weighted by molar-refractivity contribution is -0.128. The number of hydrogen-bond acceptors (Lipinski definition) is 4. The minimum Gasteiger partial charge on any atom is -0.338 e. The quantitative estimate of drug-likeness (QED) is 0.536. The Labute approximate surface area is 199 Å². The highest BCUT2D eigenvalue weighted by Gasteiger charge is 2.34. The predicted molar refractivity (Wildman–Crippen MR) is 132 cm³/mol. The number of sulfonamides is 1.